The van der Waals surface area contributed by atoms with Crippen molar-refractivity contribution in [1.82, 2.24) is 31.9 Å². The first-order chi connectivity index (χ1) is 24.2. The smallest absolute Gasteiger partial charge is 0.326 e. The number of nitrogens with two attached hydrogens (primary N) is 4. The third kappa shape index (κ3) is 18.6. The van der Waals surface area contributed by atoms with E-state index in [1.54, 1.807) is 13.8 Å². The number of carbonyl (C=O) groups excluding carboxylic acids is 6. The Hall–Kier alpha value is -4.56. The number of rotatable bonds is 25. The second kappa shape index (κ2) is 24.6. The number of hydrogen-bond acceptors (Lipinski definition) is 11. The normalized spacial score (nSPS) is 15.1. The van der Waals surface area contributed by atoms with Crippen LogP contribution in [0.1, 0.15) is 80.1 Å². The van der Waals surface area contributed by atoms with Gasteiger partial charge in [0, 0.05) is 6.54 Å². The Morgan fingerprint density at radius 2 is 1.15 bits per heavy atom. The van der Waals surface area contributed by atoms with Crippen LogP contribution in [0, 0.1) is 11.8 Å². The van der Waals surface area contributed by atoms with E-state index >= 15 is 0 Å². The molecule has 0 aliphatic heterocycles. The third-order valence-corrected chi connectivity index (χ3v) is 7.77. The number of carbonyl (C=O) groups is 7. The molecule has 20 nitrogen and oxygen atoms in total. The Kier molecular flexibility index (Phi) is 22.4. The van der Waals surface area contributed by atoms with E-state index < -0.39 is 96.2 Å². The van der Waals surface area contributed by atoms with Gasteiger partial charge in [-0.2, -0.15) is 0 Å². The van der Waals surface area contributed by atoms with Crippen molar-refractivity contribution in [2.75, 3.05) is 19.7 Å². The molecule has 0 aromatic heterocycles. The molecule has 0 aromatic carbocycles. The van der Waals surface area contributed by atoms with E-state index in [0.717, 1.165) is 0 Å². The predicted molar refractivity (Wildman–Crippen MR) is 193 cm³/mol. The summed E-state index contributed by atoms with van der Waals surface area (Å²) in [6.07, 6.45) is 2.04. The lowest BCUT2D eigenvalue weighted by Gasteiger charge is -2.28. The molecule has 0 heterocycles. The Labute approximate surface area is 304 Å². The number of aliphatic carboxylic acids is 1. The maximum absolute atomic E-state index is 13.4. The fraction of sp³-hybridized carbons (Fsp3) is 0.750. The van der Waals surface area contributed by atoms with Crippen LogP contribution in [0.15, 0.2) is 4.99 Å². The molecule has 298 valence electrons. The van der Waals surface area contributed by atoms with Crippen molar-refractivity contribution in [1.29, 1.82) is 0 Å². The quantitative estimate of drug-likeness (QED) is 0.0243. The second-order valence-electron chi connectivity index (χ2n) is 13.4. The first-order valence-electron chi connectivity index (χ1n) is 17.4. The number of amides is 6. The zero-order valence-corrected chi connectivity index (χ0v) is 31.1. The topological polar surface area (TPSA) is 349 Å². The highest BCUT2D eigenvalue weighted by Crippen LogP contribution is 2.10. The van der Waals surface area contributed by atoms with Crippen LogP contribution in [0.5, 0.6) is 0 Å². The van der Waals surface area contributed by atoms with Crippen molar-refractivity contribution >= 4 is 47.4 Å². The van der Waals surface area contributed by atoms with Crippen molar-refractivity contribution in [3.05, 3.63) is 0 Å². The summed E-state index contributed by atoms with van der Waals surface area (Å²) in [6, 6.07) is -8.26. The van der Waals surface area contributed by atoms with Gasteiger partial charge >= 0.3 is 5.97 Å². The van der Waals surface area contributed by atoms with Crippen molar-refractivity contribution in [3.63, 3.8) is 0 Å². The van der Waals surface area contributed by atoms with Crippen molar-refractivity contribution in [2.24, 2.45) is 39.8 Å². The highest BCUT2D eigenvalue weighted by atomic mass is 16.4. The van der Waals surface area contributed by atoms with Gasteiger partial charge in [0.15, 0.2) is 5.96 Å². The predicted octanol–water partition coefficient (Wildman–Crippen LogP) is -3.78. The number of hydrogen-bond donors (Lipinski definition) is 12. The van der Waals surface area contributed by atoms with Gasteiger partial charge in [0.25, 0.3) is 0 Å². The van der Waals surface area contributed by atoms with E-state index in [1.807, 2.05) is 13.8 Å². The fourth-order valence-corrected chi connectivity index (χ4v) is 4.71. The molecular weight excluding hydrogens is 682 g/mol. The van der Waals surface area contributed by atoms with Gasteiger partial charge in [-0.25, -0.2) is 4.79 Å². The summed E-state index contributed by atoms with van der Waals surface area (Å²) in [6.45, 7) is 9.46. The second-order valence-corrected chi connectivity index (χ2v) is 13.4. The van der Waals surface area contributed by atoms with Crippen LogP contribution >= 0.6 is 0 Å². The van der Waals surface area contributed by atoms with Gasteiger partial charge in [0.2, 0.25) is 35.4 Å². The standard InChI is InChI=1S/C32H61N11O9/c1-16(2)14-22(28(48)43-24(17(3)4)30(50)40-21(31(51)52)11-9-13-37-32(35)36)41-26(46)19(6)38-25(45)18(5)39-29(49)23(15-44)42-27(47)20(34)10-7-8-12-33/h16-24,44H,7-15,33-34H2,1-6H3,(H,38,45)(H,39,49)(H,40,50)(H,41,46)(H,42,47)(H,43,48)(H,51,52)(H4,35,36,37)/t18-,19-,20-,21-,22-,23-,24-/m0/s1. The first kappa shape index (κ1) is 47.4. The number of carboxylic acids is 1. The number of aliphatic hydroxyl groups excluding tert-OH is 1. The largest absolute Gasteiger partial charge is 0.480 e. The average molecular weight is 744 g/mol. The highest BCUT2D eigenvalue weighted by Gasteiger charge is 2.33. The van der Waals surface area contributed by atoms with Crippen molar-refractivity contribution < 1.29 is 43.8 Å². The van der Waals surface area contributed by atoms with Crippen LogP contribution in [0.25, 0.3) is 0 Å². The minimum atomic E-state index is -1.39. The molecule has 0 aliphatic carbocycles. The number of aliphatic hydroxyl groups is 1. The molecule has 0 radical (unpaired) electrons. The molecule has 0 aliphatic rings. The summed E-state index contributed by atoms with van der Waals surface area (Å²) < 4.78 is 0. The molecule has 16 N–H and O–H groups in total. The molecule has 0 spiro atoms. The van der Waals surface area contributed by atoms with Crippen LogP contribution < -0.4 is 54.8 Å². The van der Waals surface area contributed by atoms with Gasteiger partial charge in [0.05, 0.1) is 12.6 Å². The maximum atomic E-state index is 13.4. The maximum Gasteiger partial charge on any atom is 0.326 e. The lowest BCUT2D eigenvalue weighted by Crippen LogP contribution is -2.60. The number of carboxylic acid groups (broad SMARTS) is 1. The molecule has 0 rings (SSSR count). The third-order valence-electron chi connectivity index (χ3n) is 7.77. The van der Waals surface area contributed by atoms with Crippen LogP contribution in [-0.2, 0) is 33.6 Å². The van der Waals surface area contributed by atoms with E-state index in [-0.39, 0.29) is 37.7 Å². The number of nitrogens with one attached hydrogen (secondary N) is 6. The lowest BCUT2D eigenvalue weighted by atomic mass is 9.99. The number of guanidine groups is 1. The van der Waals surface area contributed by atoms with E-state index in [9.17, 15) is 43.8 Å². The Balaban J connectivity index is 5.45. The SMILES string of the molecule is CC(C)C[C@H](NC(=O)[C@H](C)NC(=O)[C@H](C)NC(=O)[C@H](CO)NC(=O)[C@@H](N)CCCCN)C(=O)N[C@H](C(=O)N[C@@H](CCCN=C(N)N)C(=O)O)C(C)C. The number of aliphatic imine (C=N–C) groups is 1. The molecule has 0 fully saturated rings. The van der Waals surface area contributed by atoms with Crippen LogP contribution in [-0.4, -0.2) is 120 Å². The molecule has 7 atom stereocenters. The van der Waals surface area contributed by atoms with E-state index in [1.165, 1.54) is 13.8 Å². The van der Waals surface area contributed by atoms with Crippen LogP contribution in [0.3, 0.4) is 0 Å². The van der Waals surface area contributed by atoms with E-state index in [4.69, 9.17) is 22.9 Å². The lowest BCUT2D eigenvalue weighted by molar-refractivity contribution is -0.142. The Morgan fingerprint density at radius 1 is 0.635 bits per heavy atom. The molecule has 0 saturated carbocycles. The number of unbranched alkanes of at least 4 members (excludes halogenated alkanes) is 1. The molecule has 0 unspecified atom stereocenters. The van der Waals surface area contributed by atoms with Crippen LogP contribution in [0.2, 0.25) is 0 Å². The molecule has 0 aromatic rings. The molecule has 52 heavy (non-hydrogen) atoms. The van der Waals surface area contributed by atoms with Crippen LogP contribution in [0.4, 0.5) is 0 Å². The molecule has 0 saturated heterocycles. The summed E-state index contributed by atoms with van der Waals surface area (Å²) in [7, 11) is 0. The monoisotopic (exact) mass is 743 g/mol. The van der Waals surface area contributed by atoms with Gasteiger partial charge in [-0.15, -0.1) is 0 Å². The molecular formula is C32H61N11O9. The summed E-state index contributed by atoms with van der Waals surface area (Å²) in [5.41, 5.74) is 21.8. The molecule has 6 amide bonds. The van der Waals surface area contributed by atoms with Gasteiger partial charge in [-0.1, -0.05) is 34.1 Å². The highest BCUT2D eigenvalue weighted by molar-refractivity contribution is 5.96. The summed E-state index contributed by atoms with van der Waals surface area (Å²) >= 11 is 0. The van der Waals surface area contributed by atoms with Gasteiger partial charge < -0.3 is 65.0 Å². The average Bonchev–Trinajstić information content (AvgIpc) is 3.05. The molecule has 0 bridgehead atoms. The van der Waals surface area contributed by atoms with Crippen molar-refractivity contribution in [2.45, 2.75) is 122 Å². The van der Waals surface area contributed by atoms with Crippen molar-refractivity contribution in [3.8, 4) is 0 Å². The van der Waals surface area contributed by atoms with E-state index in [2.05, 4.69) is 36.9 Å². The summed E-state index contributed by atoms with van der Waals surface area (Å²) in [5.74, 6) is -6.47. The zero-order chi connectivity index (χ0) is 40.1. The summed E-state index contributed by atoms with van der Waals surface area (Å²) in [5, 5.41) is 34.1. The van der Waals surface area contributed by atoms with E-state index in [0.29, 0.717) is 25.8 Å². The molecule has 20 heteroatoms. The minimum Gasteiger partial charge on any atom is -0.480 e. The zero-order valence-electron chi connectivity index (χ0n) is 31.1. The minimum absolute atomic E-state index is 0.0256. The first-order valence-corrected chi connectivity index (χ1v) is 17.4. The van der Waals surface area contributed by atoms with Gasteiger partial charge in [-0.05, 0) is 64.3 Å². The fourth-order valence-electron chi connectivity index (χ4n) is 4.71. The Bertz CT molecular complexity index is 1230. The Morgan fingerprint density at radius 3 is 1.65 bits per heavy atom. The van der Waals surface area contributed by atoms with Gasteiger partial charge in [0.1, 0.15) is 36.3 Å². The summed E-state index contributed by atoms with van der Waals surface area (Å²) in [4.78, 5) is 93.2. The number of nitrogens with zero attached hydrogens (tertiary/aromatic N) is 1. The van der Waals surface area contributed by atoms with Gasteiger partial charge in [-0.3, -0.25) is 33.8 Å².